The highest BCUT2D eigenvalue weighted by molar-refractivity contribution is 6.22. The van der Waals surface area contributed by atoms with Crippen LogP contribution in [0.5, 0.6) is 0 Å². The number of nitrogens with zero attached hydrogens (tertiary/aromatic N) is 2. The van der Waals surface area contributed by atoms with E-state index in [1.54, 1.807) is 43.0 Å². The zero-order valence-electron chi connectivity index (χ0n) is 16.2. The van der Waals surface area contributed by atoms with Crippen LogP contribution in [0.3, 0.4) is 0 Å². The van der Waals surface area contributed by atoms with Gasteiger partial charge in [-0.05, 0) is 39.3 Å². The van der Waals surface area contributed by atoms with Gasteiger partial charge in [0.15, 0.2) is 0 Å². The highest BCUT2D eigenvalue weighted by Gasteiger charge is 2.42. The highest BCUT2D eigenvalue weighted by Crippen LogP contribution is 2.25. The Morgan fingerprint density at radius 1 is 1.07 bits per heavy atom. The van der Waals surface area contributed by atoms with E-state index in [-0.39, 0.29) is 37.5 Å². The molecule has 1 aromatic carbocycles. The fourth-order valence-electron chi connectivity index (χ4n) is 3.12. The summed E-state index contributed by atoms with van der Waals surface area (Å²) in [5.41, 5.74) is 0.618. The Labute approximate surface area is 159 Å². The van der Waals surface area contributed by atoms with Crippen molar-refractivity contribution in [3.8, 4) is 0 Å². The summed E-state index contributed by atoms with van der Waals surface area (Å²) in [6.07, 6.45) is 0.752. The third kappa shape index (κ3) is 4.18. The Bertz CT molecular complexity index is 711. The number of ether oxygens (including phenoxy) is 1. The van der Waals surface area contributed by atoms with Gasteiger partial charge in [-0.15, -0.1) is 0 Å². The second kappa shape index (κ2) is 8.79. The maximum absolute atomic E-state index is 13.1. The molecule has 0 N–H and O–H groups in total. The van der Waals surface area contributed by atoms with Gasteiger partial charge in [0.25, 0.3) is 11.8 Å². The summed E-state index contributed by atoms with van der Waals surface area (Å²) < 4.78 is 4.93. The van der Waals surface area contributed by atoms with Crippen molar-refractivity contribution >= 4 is 23.7 Å². The molecule has 1 aromatic rings. The number of esters is 1. The van der Waals surface area contributed by atoms with Crippen molar-refractivity contribution in [2.75, 3.05) is 13.2 Å². The molecule has 1 heterocycles. The Hall–Kier alpha value is -2.70. The molecular formula is C20H26N2O5. The van der Waals surface area contributed by atoms with E-state index in [1.165, 1.54) is 0 Å². The van der Waals surface area contributed by atoms with E-state index >= 15 is 0 Å². The first-order chi connectivity index (χ1) is 12.8. The van der Waals surface area contributed by atoms with E-state index in [0.29, 0.717) is 17.5 Å². The summed E-state index contributed by atoms with van der Waals surface area (Å²) in [6, 6.07) is 5.45. The Balaban J connectivity index is 2.18. The number of hydrogen-bond acceptors (Lipinski definition) is 5. The molecule has 0 saturated carbocycles. The van der Waals surface area contributed by atoms with Crippen LogP contribution in [-0.4, -0.2) is 58.7 Å². The standard InChI is InChI=1S/C20H26N2O5/c1-5-13(3)21(12-11-17(23)27-6-2)18(24)14(4)22-19(25)15-9-7-8-10-16(15)20(22)26/h7-10,13-14H,5-6,11-12H2,1-4H3. The zero-order valence-corrected chi connectivity index (χ0v) is 16.2. The molecule has 0 spiro atoms. The van der Waals surface area contributed by atoms with E-state index in [4.69, 9.17) is 4.74 Å². The molecule has 27 heavy (non-hydrogen) atoms. The molecular weight excluding hydrogens is 348 g/mol. The first kappa shape index (κ1) is 20.6. The second-order valence-corrected chi connectivity index (χ2v) is 6.55. The number of carbonyl (C=O) groups is 4. The van der Waals surface area contributed by atoms with Crippen LogP contribution in [0.2, 0.25) is 0 Å². The molecule has 1 aliphatic rings. The molecule has 2 unspecified atom stereocenters. The average Bonchev–Trinajstić information content (AvgIpc) is 2.92. The topological polar surface area (TPSA) is 84.0 Å². The number of hydrogen-bond donors (Lipinski definition) is 0. The third-order valence-corrected chi connectivity index (χ3v) is 4.84. The van der Waals surface area contributed by atoms with Crippen molar-refractivity contribution in [1.82, 2.24) is 9.80 Å². The Morgan fingerprint density at radius 2 is 1.63 bits per heavy atom. The average molecular weight is 374 g/mol. The van der Waals surface area contributed by atoms with Crippen LogP contribution in [0.1, 0.15) is 61.3 Å². The zero-order chi connectivity index (χ0) is 20.1. The Morgan fingerprint density at radius 3 is 2.11 bits per heavy atom. The molecule has 0 aliphatic carbocycles. The first-order valence-electron chi connectivity index (χ1n) is 9.26. The largest absolute Gasteiger partial charge is 0.466 e. The van der Waals surface area contributed by atoms with Crippen molar-refractivity contribution in [2.24, 2.45) is 0 Å². The van der Waals surface area contributed by atoms with Gasteiger partial charge in [-0.3, -0.25) is 24.1 Å². The van der Waals surface area contributed by atoms with Crippen molar-refractivity contribution in [2.45, 2.75) is 52.6 Å². The van der Waals surface area contributed by atoms with E-state index < -0.39 is 17.9 Å². The van der Waals surface area contributed by atoms with E-state index in [0.717, 1.165) is 4.90 Å². The highest BCUT2D eigenvalue weighted by atomic mass is 16.5. The predicted molar refractivity (Wildman–Crippen MR) is 99.1 cm³/mol. The first-order valence-corrected chi connectivity index (χ1v) is 9.26. The molecule has 0 saturated heterocycles. The minimum absolute atomic E-state index is 0.0682. The van der Waals surface area contributed by atoms with Gasteiger partial charge < -0.3 is 9.64 Å². The maximum atomic E-state index is 13.1. The van der Waals surface area contributed by atoms with Crippen molar-refractivity contribution in [3.63, 3.8) is 0 Å². The number of benzene rings is 1. The number of amides is 3. The monoisotopic (exact) mass is 374 g/mol. The summed E-state index contributed by atoms with van der Waals surface area (Å²) >= 11 is 0. The summed E-state index contributed by atoms with van der Waals surface area (Å²) in [6.45, 7) is 7.53. The van der Waals surface area contributed by atoms with Crippen LogP contribution < -0.4 is 0 Å². The molecule has 2 atom stereocenters. The van der Waals surface area contributed by atoms with Crippen LogP contribution >= 0.6 is 0 Å². The predicted octanol–water partition coefficient (Wildman–Crippen LogP) is 2.25. The molecule has 146 valence electrons. The number of imide groups is 1. The van der Waals surface area contributed by atoms with Gasteiger partial charge in [0.2, 0.25) is 5.91 Å². The molecule has 1 aliphatic heterocycles. The maximum Gasteiger partial charge on any atom is 0.307 e. The van der Waals surface area contributed by atoms with E-state index in [1.807, 2.05) is 13.8 Å². The second-order valence-electron chi connectivity index (χ2n) is 6.55. The summed E-state index contributed by atoms with van der Waals surface area (Å²) in [4.78, 5) is 52.6. The smallest absolute Gasteiger partial charge is 0.307 e. The fraction of sp³-hybridized carbons (Fsp3) is 0.500. The quantitative estimate of drug-likeness (QED) is 0.515. The molecule has 0 bridgehead atoms. The lowest BCUT2D eigenvalue weighted by atomic mass is 10.1. The molecule has 2 rings (SSSR count). The van der Waals surface area contributed by atoms with Gasteiger partial charge in [-0.2, -0.15) is 0 Å². The van der Waals surface area contributed by atoms with Crippen LogP contribution in [0.25, 0.3) is 0 Å². The normalized spacial score (nSPS) is 15.3. The van der Waals surface area contributed by atoms with Crippen molar-refractivity contribution in [1.29, 1.82) is 0 Å². The van der Waals surface area contributed by atoms with Crippen LogP contribution in [0, 0.1) is 0 Å². The summed E-state index contributed by atoms with van der Waals surface area (Å²) in [5.74, 6) is -1.67. The number of rotatable bonds is 8. The lowest BCUT2D eigenvalue weighted by Gasteiger charge is -2.33. The van der Waals surface area contributed by atoms with Crippen LogP contribution in [0.15, 0.2) is 24.3 Å². The number of carbonyl (C=O) groups excluding carboxylic acids is 4. The summed E-state index contributed by atoms with van der Waals surface area (Å²) in [5, 5.41) is 0. The number of fused-ring (bicyclic) bond motifs is 1. The SMILES string of the molecule is CCOC(=O)CCN(C(=O)C(C)N1C(=O)c2ccccc2C1=O)C(C)CC. The van der Waals surface area contributed by atoms with Gasteiger partial charge in [0.1, 0.15) is 6.04 Å². The van der Waals surface area contributed by atoms with Crippen molar-refractivity contribution < 1.29 is 23.9 Å². The van der Waals surface area contributed by atoms with Crippen LogP contribution in [0.4, 0.5) is 0 Å². The van der Waals surface area contributed by atoms with Gasteiger partial charge >= 0.3 is 5.97 Å². The molecule has 7 nitrogen and oxygen atoms in total. The van der Waals surface area contributed by atoms with Crippen molar-refractivity contribution in [3.05, 3.63) is 35.4 Å². The minimum atomic E-state index is -0.950. The Kier molecular flexibility index (Phi) is 6.71. The van der Waals surface area contributed by atoms with E-state index in [9.17, 15) is 19.2 Å². The lowest BCUT2D eigenvalue weighted by Crippen LogP contribution is -2.52. The van der Waals surface area contributed by atoms with Gasteiger partial charge in [-0.25, -0.2) is 0 Å². The molecule has 0 fully saturated rings. The lowest BCUT2D eigenvalue weighted by molar-refractivity contribution is -0.145. The van der Waals surface area contributed by atoms with Gasteiger partial charge in [-0.1, -0.05) is 19.1 Å². The van der Waals surface area contributed by atoms with Gasteiger partial charge in [0, 0.05) is 12.6 Å². The summed E-state index contributed by atoms with van der Waals surface area (Å²) in [7, 11) is 0. The third-order valence-electron chi connectivity index (χ3n) is 4.84. The fourth-order valence-corrected chi connectivity index (χ4v) is 3.12. The molecule has 0 aromatic heterocycles. The molecule has 3 amide bonds. The van der Waals surface area contributed by atoms with Gasteiger partial charge in [0.05, 0.1) is 24.2 Å². The minimum Gasteiger partial charge on any atom is -0.466 e. The van der Waals surface area contributed by atoms with Crippen LogP contribution in [-0.2, 0) is 14.3 Å². The molecule has 7 heteroatoms. The molecule has 0 radical (unpaired) electrons. The van der Waals surface area contributed by atoms with E-state index in [2.05, 4.69) is 0 Å².